The highest BCUT2D eigenvalue weighted by atomic mass is 19.1. The third-order valence-corrected chi connectivity index (χ3v) is 14.1. The summed E-state index contributed by atoms with van der Waals surface area (Å²) < 4.78 is 17.1. The van der Waals surface area contributed by atoms with E-state index < -0.39 is 11.9 Å². The van der Waals surface area contributed by atoms with Gasteiger partial charge in [0.1, 0.15) is 23.0 Å². The lowest BCUT2D eigenvalue weighted by molar-refractivity contribution is -0.191. The van der Waals surface area contributed by atoms with Crippen LogP contribution in [0, 0.1) is 5.82 Å². The predicted octanol–water partition coefficient (Wildman–Crippen LogP) is 13.3. The molecular formula is C70H61FN4O9. The molecule has 3 aliphatic carbocycles. The molecule has 84 heavy (non-hydrogen) atoms. The first-order chi connectivity index (χ1) is 41.2. The summed E-state index contributed by atoms with van der Waals surface area (Å²) in [7, 11) is 0. The minimum atomic E-state index is -0.570. The van der Waals surface area contributed by atoms with Crippen LogP contribution >= 0.6 is 0 Å². The Balaban J connectivity index is 0.000000149. The zero-order chi connectivity index (χ0) is 59.0. The molecule has 0 aliphatic heterocycles. The molecule has 0 radical (unpaired) electrons. The average molecular weight is 1120 g/mol. The Morgan fingerprint density at radius 2 is 0.774 bits per heavy atom. The number of fused-ring (bicyclic) bond motifs is 6. The number of aryl methyl sites for hydroxylation is 7. The van der Waals surface area contributed by atoms with E-state index in [1.54, 1.807) is 36.7 Å². The van der Waals surface area contributed by atoms with Crippen molar-refractivity contribution in [1.29, 1.82) is 0 Å². The number of hydrogen-bond donors (Lipinski definition) is 3. The Morgan fingerprint density at radius 3 is 1.08 bits per heavy atom. The van der Waals surface area contributed by atoms with Crippen molar-refractivity contribution >= 4 is 35.2 Å². The first kappa shape index (κ1) is 59.7. The fourth-order valence-corrected chi connectivity index (χ4v) is 9.88. The van der Waals surface area contributed by atoms with Gasteiger partial charge in [-0.25, -0.2) is 14.7 Å². The standard InChI is InChI=1S/C23H21NO.C22H18N2O3.C15H13NO.C9H9FO2.CO2/c1-2-17-11-15-20(16-12-17)25-24-23-21-9-5-3-7-18(21)13-14-19-8-4-6-10-22(19)23;25-22(23-26)17-11-13-18(14-12-17)27-24-21-19-7-3-1-5-15(19)9-10-16-6-2-4-8-20(16)21;17-16-15-13-7-3-1-5-11(13)9-10-12-6-2-4-8-14(12)15;1-2-12-9(11)7-3-5-8(10)6-4-7;2-1-3/h3-12,15-16H,2,13-14H2,1H3;1-8,11-14,26H,9-10H2,(H,23,25);1-8,17H,9-10H2;3-6H,2H2,1H3;. The fourth-order valence-electron chi connectivity index (χ4n) is 9.88. The molecule has 3 N–H and O–H groups in total. The van der Waals surface area contributed by atoms with Crippen LogP contribution in [0.5, 0.6) is 11.5 Å². The third-order valence-electron chi connectivity index (χ3n) is 14.1. The number of hydrogen-bond acceptors (Lipinski definition) is 12. The summed E-state index contributed by atoms with van der Waals surface area (Å²) in [6, 6.07) is 69.5. The van der Waals surface area contributed by atoms with E-state index in [9.17, 15) is 19.2 Å². The van der Waals surface area contributed by atoms with E-state index >= 15 is 0 Å². The van der Waals surface area contributed by atoms with Crippen molar-refractivity contribution in [3.63, 3.8) is 0 Å². The highest BCUT2D eigenvalue weighted by molar-refractivity contribution is 6.16. The average Bonchev–Trinajstić information content (AvgIpc) is 4.16. The second-order valence-corrected chi connectivity index (χ2v) is 19.2. The number of amides is 1. The number of carbonyl (C=O) groups is 2. The number of benzene rings is 9. The van der Waals surface area contributed by atoms with Gasteiger partial charge in [0, 0.05) is 38.9 Å². The van der Waals surface area contributed by atoms with Gasteiger partial charge in [0.05, 0.1) is 12.2 Å². The van der Waals surface area contributed by atoms with Crippen molar-refractivity contribution < 1.29 is 48.4 Å². The molecule has 422 valence electrons. The van der Waals surface area contributed by atoms with E-state index in [4.69, 9.17) is 29.2 Å². The highest BCUT2D eigenvalue weighted by Crippen LogP contribution is 2.29. The quantitative estimate of drug-likeness (QED) is 0.0576. The molecule has 13 nitrogen and oxygen atoms in total. The first-order valence-corrected chi connectivity index (χ1v) is 27.4. The van der Waals surface area contributed by atoms with E-state index in [0.717, 1.165) is 95.5 Å². The molecular weight excluding hydrogens is 1060 g/mol. The van der Waals surface area contributed by atoms with Crippen LogP contribution in [-0.2, 0) is 59.3 Å². The Labute approximate surface area is 487 Å². The van der Waals surface area contributed by atoms with Gasteiger partial charge in [0.15, 0.2) is 11.5 Å². The van der Waals surface area contributed by atoms with Gasteiger partial charge in [-0.3, -0.25) is 10.0 Å². The molecule has 1 amide bonds. The number of hydroxylamine groups is 1. The number of oxime groups is 3. The molecule has 0 bridgehead atoms. The van der Waals surface area contributed by atoms with Gasteiger partial charge in [-0.2, -0.15) is 9.59 Å². The van der Waals surface area contributed by atoms with Gasteiger partial charge in [-0.1, -0.05) is 180 Å². The highest BCUT2D eigenvalue weighted by Gasteiger charge is 2.22. The van der Waals surface area contributed by atoms with Gasteiger partial charge in [0.25, 0.3) is 5.91 Å². The summed E-state index contributed by atoms with van der Waals surface area (Å²) in [5.41, 5.74) is 20.2. The zero-order valence-electron chi connectivity index (χ0n) is 46.4. The molecule has 0 saturated heterocycles. The molecule has 0 heterocycles. The molecule has 3 aliphatic rings. The van der Waals surface area contributed by atoms with E-state index in [0.29, 0.717) is 29.2 Å². The topological polar surface area (TPSA) is 186 Å². The van der Waals surface area contributed by atoms with Gasteiger partial charge >= 0.3 is 12.1 Å². The number of carbonyl (C=O) groups excluding carboxylic acids is 4. The van der Waals surface area contributed by atoms with E-state index in [1.807, 2.05) is 72.8 Å². The Morgan fingerprint density at radius 1 is 0.464 bits per heavy atom. The van der Waals surface area contributed by atoms with Gasteiger partial charge in [-0.05, 0) is 151 Å². The molecule has 0 unspecified atom stereocenters. The summed E-state index contributed by atoms with van der Waals surface area (Å²) >= 11 is 0. The lowest BCUT2D eigenvalue weighted by atomic mass is 9.98. The van der Waals surface area contributed by atoms with Crippen molar-refractivity contribution in [2.45, 2.75) is 58.8 Å². The molecule has 0 fully saturated rings. The van der Waals surface area contributed by atoms with E-state index in [1.165, 1.54) is 63.2 Å². The SMILES string of the molecule is CCOC(=O)c1ccc(F)cc1.CCc1ccc(ON=C2c3ccccc3CCc3ccccc32)cc1.O=C(NO)c1ccc(ON=C2c3ccccc3CCc3ccccc32)cc1.O=C=O.ON=C1c2ccccc2CCc2ccccc21. The second kappa shape index (κ2) is 30.4. The van der Waals surface area contributed by atoms with Gasteiger partial charge in [0.2, 0.25) is 0 Å². The van der Waals surface area contributed by atoms with Crippen molar-refractivity contribution in [3.05, 3.63) is 308 Å². The summed E-state index contributed by atoms with van der Waals surface area (Å²) in [4.78, 5) is 50.2. The molecule has 9 aromatic carbocycles. The minimum Gasteiger partial charge on any atom is -0.462 e. The van der Waals surface area contributed by atoms with Crippen LogP contribution in [0.1, 0.15) is 107 Å². The molecule has 0 aromatic heterocycles. The normalized spacial score (nSPS) is 12.0. The number of ether oxygens (including phenoxy) is 1. The Hall–Kier alpha value is -10.4. The summed E-state index contributed by atoms with van der Waals surface area (Å²) in [5.74, 6) is -0.0693. The summed E-state index contributed by atoms with van der Waals surface area (Å²) in [6.45, 7) is 4.20. The molecule has 9 aromatic rings. The van der Waals surface area contributed by atoms with Gasteiger partial charge < -0.3 is 19.6 Å². The summed E-state index contributed by atoms with van der Waals surface area (Å²) in [5, 5.41) is 30.5. The Kier molecular flexibility index (Phi) is 21.6. The maximum atomic E-state index is 12.4. The van der Waals surface area contributed by atoms with Crippen molar-refractivity contribution in [2.75, 3.05) is 6.61 Å². The number of rotatable bonds is 8. The maximum absolute atomic E-state index is 12.4. The lowest BCUT2D eigenvalue weighted by Crippen LogP contribution is -2.18. The van der Waals surface area contributed by atoms with Crippen LogP contribution in [0.25, 0.3) is 0 Å². The Bertz CT molecular complexity index is 3670. The lowest BCUT2D eigenvalue weighted by Gasteiger charge is -2.10. The monoisotopic (exact) mass is 1120 g/mol. The van der Waals surface area contributed by atoms with Crippen molar-refractivity contribution in [3.8, 4) is 11.5 Å². The first-order valence-electron chi connectivity index (χ1n) is 27.4. The second-order valence-electron chi connectivity index (χ2n) is 19.2. The number of esters is 1. The van der Waals surface area contributed by atoms with Crippen LogP contribution in [0.15, 0.2) is 234 Å². The number of nitrogens with zero attached hydrogens (tertiary/aromatic N) is 3. The van der Waals surface area contributed by atoms with E-state index in [2.05, 4.69) is 119 Å². The van der Waals surface area contributed by atoms with Crippen molar-refractivity contribution in [1.82, 2.24) is 5.48 Å². The van der Waals surface area contributed by atoms with E-state index in [-0.39, 0.29) is 12.0 Å². The number of nitrogens with one attached hydrogen (secondary N) is 1. The predicted molar refractivity (Wildman–Crippen MR) is 320 cm³/mol. The zero-order valence-corrected chi connectivity index (χ0v) is 46.4. The number of halogens is 1. The van der Waals surface area contributed by atoms with Crippen LogP contribution in [0.4, 0.5) is 4.39 Å². The van der Waals surface area contributed by atoms with Crippen LogP contribution in [0.2, 0.25) is 0 Å². The van der Waals surface area contributed by atoms with Crippen molar-refractivity contribution in [2.24, 2.45) is 15.5 Å². The third kappa shape index (κ3) is 15.5. The molecule has 0 atom stereocenters. The van der Waals surface area contributed by atoms with Gasteiger partial charge in [-0.15, -0.1) is 0 Å². The van der Waals surface area contributed by atoms with Crippen LogP contribution in [0.3, 0.4) is 0 Å². The molecule has 0 spiro atoms. The molecule has 14 heteroatoms. The molecule has 12 rings (SSSR count). The summed E-state index contributed by atoms with van der Waals surface area (Å²) in [6.07, 6.45) is 7.22. The van der Waals surface area contributed by atoms with Crippen LogP contribution in [-0.4, -0.2) is 52.2 Å². The smallest absolute Gasteiger partial charge is 0.373 e. The fraction of sp³-hybridized carbons (Fsp3) is 0.143. The maximum Gasteiger partial charge on any atom is 0.373 e. The molecule has 0 saturated carbocycles. The largest absolute Gasteiger partial charge is 0.462 e. The minimum absolute atomic E-state index is 0.250. The van der Waals surface area contributed by atoms with Crippen LogP contribution < -0.4 is 15.2 Å².